The molecular formula is C17H16F2N4O2. The molecule has 0 bridgehead atoms. The Hall–Kier alpha value is -2.90. The Bertz CT molecular complexity index is 795. The van der Waals surface area contributed by atoms with Crippen LogP contribution < -0.4 is 5.32 Å². The predicted molar refractivity (Wildman–Crippen MR) is 84.4 cm³/mol. The van der Waals surface area contributed by atoms with E-state index in [2.05, 4.69) is 15.3 Å². The van der Waals surface area contributed by atoms with E-state index in [0.717, 1.165) is 12.1 Å². The molecule has 2 aromatic rings. The van der Waals surface area contributed by atoms with E-state index in [1.165, 1.54) is 36.6 Å². The van der Waals surface area contributed by atoms with Crippen molar-refractivity contribution in [3.05, 3.63) is 59.7 Å². The largest absolute Gasteiger partial charge is 0.357 e. The van der Waals surface area contributed by atoms with Crippen LogP contribution in [0.2, 0.25) is 0 Å². The number of nitrogens with one attached hydrogen (secondary N) is 1. The number of aromatic nitrogens is 2. The lowest BCUT2D eigenvalue weighted by atomic mass is 9.90. The molecule has 1 atom stereocenters. The number of likely N-dealkylation sites (N-methyl/N-ethyl adjacent to an activating group) is 1. The van der Waals surface area contributed by atoms with Gasteiger partial charge in [-0.1, -0.05) is 6.07 Å². The molecule has 3 rings (SSSR count). The molecule has 1 fully saturated rings. The second-order valence-corrected chi connectivity index (χ2v) is 5.69. The van der Waals surface area contributed by atoms with Crippen molar-refractivity contribution in [1.82, 2.24) is 20.2 Å². The molecule has 1 aliphatic rings. The molecule has 1 aromatic heterocycles. The maximum atomic E-state index is 14.1. The van der Waals surface area contributed by atoms with Crippen LogP contribution in [0.15, 0.2) is 36.8 Å². The lowest BCUT2D eigenvalue weighted by Gasteiger charge is -2.36. The number of carbonyl (C=O) groups excluding carboxylic acids is 2. The number of likely N-dealkylation sites (tertiary alicyclic amines) is 1. The molecule has 0 unspecified atom stereocenters. The molecule has 25 heavy (non-hydrogen) atoms. The highest BCUT2D eigenvalue weighted by molar-refractivity contribution is 6.00. The van der Waals surface area contributed by atoms with Crippen LogP contribution in [0.1, 0.15) is 28.9 Å². The molecule has 0 spiro atoms. The Morgan fingerprint density at radius 3 is 2.56 bits per heavy atom. The van der Waals surface area contributed by atoms with E-state index in [9.17, 15) is 18.4 Å². The van der Waals surface area contributed by atoms with Gasteiger partial charge in [0.05, 0.1) is 11.9 Å². The zero-order valence-corrected chi connectivity index (χ0v) is 13.5. The van der Waals surface area contributed by atoms with Gasteiger partial charge in [0.1, 0.15) is 17.2 Å². The molecule has 2 heterocycles. The molecule has 2 amide bonds. The lowest BCUT2D eigenvalue weighted by Crippen LogP contribution is -2.55. The number of carbonyl (C=O) groups is 2. The monoisotopic (exact) mass is 346 g/mol. The van der Waals surface area contributed by atoms with Gasteiger partial charge in [0.2, 0.25) is 0 Å². The van der Waals surface area contributed by atoms with Gasteiger partial charge in [0.15, 0.2) is 5.54 Å². The van der Waals surface area contributed by atoms with Gasteiger partial charge in [-0.15, -0.1) is 0 Å². The number of amides is 2. The smallest absolute Gasteiger partial charge is 0.261 e. The third kappa shape index (κ3) is 2.63. The topological polar surface area (TPSA) is 75.2 Å². The first-order chi connectivity index (χ1) is 12.0. The molecule has 0 saturated carbocycles. The van der Waals surface area contributed by atoms with Crippen molar-refractivity contribution >= 4 is 11.8 Å². The summed E-state index contributed by atoms with van der Waals surface area (Å²) in [5.74, 6) is -3.30. The summed E-state index contributed by atoms with van der Waals surface area (Å²) in [4.78, 5) is 34.9. The highest BCUT2D eigenvalue weighted by Crippen LogP contribution is 2.39. The Kier molecular flexibility index (Phi) is 4.43. The maximum absolute atomic E-state index is 14.1. The van der Waals surface area contributed by atoms with Gasteiger partial charge in [0.25, 0.3) is 11.8 Å². The van der Waals surface area contributed by atoms with E-state index in [1.807, 2.05) is 0 Å². The van der Waals surface area contributed by atoms with Crippen molar-refractivity contribution < 1.29 is 18.4 Å². The van der Waals surface area contributed by atoms with Gasteiger partial charge >= 0.3 is 0 Å². The van der Waals surface area contributed by atoms with E-state index in [-0.39, 0.29) is 18.7 Å². The van der Waals surface area contributed by atoms with Crippen LogP contribution >= 0.6 is 0 Å². The van der Waals surface area contributed by atoms with Crippen LogP contribution in [-0.2, 0) is 10.3 Å². The van der Waals surface area contributed by atoms with Crippen molar-refractivity contribution in [3.63, 3.8) is 0 Å². The van der Waals surface area contributed by atoms with E-state index in [4.69, 9.17) is 0 Å². The summed E-state index contributed by atoms with van der Waals surface area (Å²) >= 11 is 0. The van der Waals surface area contributed by atoms with Crippen molar-refractivity contribution in [2.75, 3.05) is 13.6 Å². The summed E-state index contributed by atoms with van der Waals surface area (Å²) < 4.78 is 28.2. The first kappa shape index (κ1) is 16.9. The lowest BCUT2D eigenvalue weighted by molar-refractivity contribution is -0.131. The molecule has 1 saturated heterocycles. The molecule has 8 heteroatoms. The highest BCUT2D eigenvalue weighted by Gasteiger charge is 2.52. The molecule has 0 aliphatic carbocycles. The van der Waals surface area contributed by atoms with Crippen molar-refractivity contribution in [2.24, 2.45) is 0 Å². The first-order valence-electron chi connectivity index (χ1n) is 7.77. The zero-order chi connectivity index (χ0) is 18.0. The van der Waals surface area contributed by atoms with Crippen LogP contribution in [0, 0.1) is 11.6 Å². The van der Waals surface area contributed by atoms with Crippen LogP contribution in [0.3, 0.4) is 0 Å². The highest BCUT2D eigenvalue weighted by atomic mass is 19.1. The number of halogens is 2. The average molecular weight is 346 g/mol. The zero-order valence-electron chi connectivity index (χ0n) is 13.5. The second kappa shape index (κ2) is 6.54. The Morgan fingerprint density at radius 1 is 1.24 bits per heavy atom. The van der Waals surface area contributed by atoms with Crippen LogP contribution in [0.25, 0.3) is 0 Å². The Balaban J connectivity index is 2.14. The predicted octanol–water partition coefficient (Wildman–Crippen LogP) is 1.63. The Labute approximate surface area is 142 Å². The minimum Gasteiger partial charge on any atom is -0.357 e. The standard InChI is InChI=1S/C17H16F2N4O2/c1-20-16(25)17(13-10-21-7-8-22-13)6-3-9-23(17)15(24)14-11(18)4-2-5-12(14)19/h2,4-5,7-8,10H,3,6,9H2,1H3,(H,20,25)/t17-/m1/s1. The number of nitrogens with zero attached hydrogens (tertiary/aromatic N) is 3. The molecular weight excluding hydrogens is 330 g/mol. The average Bonchev–Trinajstić information content (AvgIpc) is 3.07. The fourth-order valence-corrected chi connectivity index (χ4v) is 3.27. The number of rotatable bonds is 3. The summed E-state index contributed by atoms with van der Waals surface area (Å²) in [5, 5.41) is 2.52. The van der Waals surface area contributed by atoms with E-state index in [1.54, 1.807) is 0 Å². The summed E-state index contributed by atoms with van der Waals surface area (Å²) in [5.41, 5.74) is -1.87. The van der Waals surface area contributed by atoms with Crippen molar-refractivity contribution in [1.29, 1.82) is 0 Å². The number of hydrogen-bond donors (Lipinski definition) is 1. The van der Waals surface area contributed by atoms with Gasteiger partial charge in [-0.05, 0) is 25.0 Å². The van der Waals surface area contributed by atoms with Crippen LogP contribution in [0.4, 0.5) is 8.78 Å². The fraction of sp³-hybridized carbons (Fsp3) is 0.294. The Morgan fingerprint density at radius 2 is 1.96 bits per heavy atom. The van der Waals surface area contributed by atoms with Gasteiger partial charge in [0, 0.05) is 26.0 Å². The molecule has 130 valence electrons. The number of hydrogen-bond acceptors (Lipinski definition) is 4. The summed E-state index contributed by atoms with van der Waals surface area (Å²) in [6.07, 6.45) is 5.01. The van der Waals surface area contributed by atoms with Crippen molar-refractivity contribution in [2.45, 2.75) is 18.4 Å². The maximum Gasteiger partial charge on any atom is 0.261 e. The van der Waals surface area contributed by atoms with Gasteiger partial charge in [-0.25, -0.2) is 8.78 Å². The third-order valence-electron chi connectivity index (χ3n) is 4.39. The van der Waals surface area contributed by atoms with Gasteiger partial charge in [-0.2, -0.15) is 0 Å². The molecule has 1 aromatic carbocycles. The molecule has 0 radical (unpaired) electrons. The summed E-state index contributed by atoms with van der Waals surface area (Å²) in [7, 11) is 1.44. The van der Waals surface area contributed by atoms with Crippen LogP contribution in [0.5, 0.6) is 0 Å². The van der Waals surface area contributed by atoms with Gasteiger partial charge < -0.3 is 10.2 Å². The first-order valence-corrected chi connectivity index (χ1v) is 7.77. The number of benzene rings is 1. The van der Waals surface area contributed by atoms with Crippen LogP contribution in [-0.4, -0.2) is 40.3 Å². The quantitative estimate of drug-likeness (QED) is 0.917. The SMILES string of the molecule is CNC(=O)[C@]1(c2cnccn2)CCCN1C(=O)c1c(F)cccc1F. The molecule has 1 N–H and O–H groups in total. The normalized spacial score (nSPS) is 19.7. The molecule has 6 nitrogen and oxygen atoms in total. The summed E-state index contributed by atoms with van der Waals surface area (Å²) in [6, 6.07) is 3.20. The summed E-state index contributed by atoms with van der Waals surface area (Å²) in [6.45, 7) is 0.177. The third-order valence-corrected chi connectivity index (χ3v) is 4.39. The van der Waals surface area contributed by atoms with E-state index < -0.39 is 34.6 Å². The van der Waals surface area contributed by atoms with Gasteiger partial charge in [-0.3, -0.25) is 19.6 Å². The second-order valence-electron chi connectivity index (χ2n) is 5.69. The van der Waals surface area contributed by atoms with E-state index in [0.29, 0.717) is 6.42 Å². The minimum absolute atomic E-state index is 0.177. The van der Waals surface area contributed by atoms with E-state index >= 15 is 0 Å². The van der Waals surface area contributed by atoms with Crippen molar-refractivity contribution in [3.8, 4) is 0 Å². The minimum atomic E-state index is -1.45. The fourth-order valence-electron chi connectivity index (χ4n) is 3.27. The molecule has 1 aliphatic heterocycles.